The van der Waals surface area contributed by atoms with Gasteiger partial charge in [0.1, 0.15) is 11.9 Å². The Morgan fingerprint density at radius 1 is 1.13 bits per heavy atom. The van der Waals surface area contributed by atoms with Crippen LogP contribution in [0.5, 0.6) is 0 Å². The van der Waals surface area contributed by atoms with Gasteiger partial charge in [-0.2, -0.15) is 5.26 Å². The third kappa shape index (κ3) is 4.33. The second kappa shape index (κ2) is 9.33. The van der Waals surface area contributed by atoms with E-state index in [9.17, 15) is 19.6 Å². The van der Waals surface area contributed by atoms with E-state index in [1.54, 1.807) is 0 Å². The smallest absolute Gasteiger partial charge is 0.255 e. The van der Waals surface area contributed by atoms with Gasteiger partial charge in [-0.25, -0.2) is 4.39 Å². The molecule has 4 rings (SSSR count). The molecule has 1 amide bonds. The molecule has 0 spiro atoms. The minimum atomic E-state index is -0.716. The van der Waals surface area contributed by atoms with Crippen molar-refractivity contribution in [3.05, 3.63) is 71.0 Å². The first kappa shape index (κ1) is 21.1. The average Bonchev–Trinajstić information content (AvgIpc) is 2.79. The molecule has 2 aliphatic rings. The zero-order chi connectivity index (χ0) is 21.8. The summed E-state index contributed by atoms with van der Waals surface area (Å²) >= 11 is 0. The van der Waals surface area contributed by atoms with Crippen molar-refractivity contribution in [1.82, 2.24) is 4.90 Å². The largest absolute Gasteiger partial charge is 0.394 e. The Morgan fingerprint density at radius 3 is 2.52 bits per heavy atom. The number of halogens is 1. The molecular formula is C26H25FN2O2. The van der Waals surface area contributed by atoms with E-state index in [1.165, 1.54) is 55.2 Å². The van der Waals surface area contributed by atoms with Gasteiger partial charge in [0.15, 0.2) is 0 Å². The summed E-state index contributed by atoms with van der Waals surface area (Å²) in [6, 6.07) is 14.0. The highest BCUT2D eigenvalue weighted by Gasteiger charge is 2.51. The van der Waals surface area contributed by atoms with Gasteiger partial charge >= 0.3 is 0 Å². The molecule has 4 nitrogen and oxygen atoms in total. The second-order valence-corrected chi connectivity index (χ2v) is 8.30. The average molecular weight is 416 g/mol. The van der Waals surface area contributed by atoms with Crippen molar-refractivity contribution >= 4 is 5.91 Å². The Kier molecular flexibility index (Phi) is 6.35. The molecule has 5 heteroatoms. The lowest BCUT2D eigenvalue weighted by Gasteiger charge is -2.51. The van der Waals surface area contributed by atoms with Crippen LogP contribution in [0.2, 0.25) is 0 Å². The molecule has 0 aromatic heterocycles. The monoisotopic (exact) mass is 416 g/mol. The molecular weight excluding hydrogens is 391 g/mol. The van der Waals surface area contributed by atoms with E-state index in [1.807, 2.05) is 24.3 Å². The molecule has 1 saturated heterocycles. The van der Waals surface area contributed by atoms with Gasteiger partial charge in [0.05, 0.1) is 18.7 Å². The zero-order valence-electron chi connectivity index (χ0n) is 17.3. The van der Waals surface area contributed by atoms with E-state index in [4.69, 9.17) is 0 Å². The molecule has 0 unspecified atom stereocenters. The third-order valence-corrected chi connectivity index (χ3v) is 6.36. The van der Waals surface area contributed by atoms with Gasteiger partial charge in [0.25, 0.3) is 5.91 Å². The van der Waals surface area contributed by atoms with E-state index in [-0.39, 0.29) is 18.1 Å². The van der Waals surface area contributed by atoms with Gasteiger partial charge in [0.2, 0.25) is 0 Å². The Balaban J connectivity index is 1.51. The van der Waals surface area contributed by atoms with Crippen LogP contribution in [0.15, 0.2) is 48.5 Å². The van der Waals surface area contributed by atoms with Crippen LogP contribution in [0.4, 0.5) is 4.39 Å². The van der Waals surface area contributed by atoms with Gasteiger partial charge in [-0.15, -0.1) is 0 Å². The SMILES string of the molecule is N#C[C@H]1[C@H](c2ccc(C#CC3CCCCC3)cc2)[C@@H](CO)N1C(=O)c1cccc(F)c1. The number of aliphatic hydroxyl groups is 1. The molecule has 2 fully saturated rings. The molecule has 0 radical (unpaired) electrons. The van der Waals surface area contributed by atoms with Crippen molar-refractivity contribution in [2.45, 2.75) is 50.1 Å². The highest BCUT2D eigenvalue weighted by molar-refractivity contribution is 5.95. The van der Waals surface area contributed by atoms with Gasteiger partial charge in [-0.3, -0.25) is 4.79 Å². The van der Waals surface area contributed by atoms with Gasteiger partial charge in [-0.05, 0) is 48.7 Å². The molecule has 1 aliphatic heterocycles. The first-order chi connectivity index (χ1) is 15.1. The number of benzene rings is 2. The molecule has 0 bridgehead atoms. The second-order valence-electron chi connectivity index (χ2n) is 8.30. The van der Waals surface area contributed by atoms with Gasteiger partial charge in [0, 0.05) is 23.0 Å². The fraction of sp³-hybridized carbons (Fsp3) is 0.385. The normalized spacial score (nSPS) is 23.3. The van der Waals surface area contributed by atoms with Crippen LogP contribution < -0.4 is 0 Å². The van der Waals surface area contributed by atoms with E-state index in [0.717, 1.165) is 17.2 Å². The summed E-state index contributed by atoms with van der Waals surface area (Å²) in [6.07, 6.45) is 6.15. The van der Waals surface area contributed by atoms with E-state index >= 15 is 0 Å². The van der Waals surface area contributed by atoms with E-state index in [2.05, 4.69) is 17.9 Å². The van der Waals surface area contributed by atoms with Gasteiger partial charge in [-0.1, -0.05) is 49.3 Å². The lowest BCUT2D eigenvalue weighted by molar-refractivity contribution is -0.00588. The van der Waals surface area contributed by atoms with Crippen LogP contribution >= 0.6 is 0 Å². The minimum absolute atomic E-state index is 0.172. The Hall–Kier alpha value is -3.15. The number of carbonyl (C=O) groups excluding carboxylic acids is 1. The van der Waals surface area contributed by atoms with Crippen molar-refractivity contribution in [3.8, 4) is 17.9 Å². The lowest BCUT2D eigenvalue weighted by Crippen LogP contribution is -2.65. The van der Waals surface area contributed by atoms with E-state index in [0.29, 0.717) is 5.92 Å². The van der Waals surface area contributed by atoms with Crippen LogP contribution in [-0.2, 0) is 0 Å². The highest BCUT2D eigenvalue weighted by Crippen LogP contribution is 2.41. The first-order valence-corrected chi connectivity index (χ1v) is 10.8. The summed E-state index contributed by atoms with van der Waals surface area (Å²) in [7, 11) is 0. The van der Waals surface area contributed by atoms with Crippen LogP contribution in [0.3, 0.4) is 0 Å². The van der Waals surface area contributed by atoms with Crippen LogP contribution in [-0.4, -0.2) is 34.6 Å². The molecule has 1 saturated carbocycles. The quantitative estimate of drug-likeness (QED) is 0.761. The van der Waals surface area contributed by atoms with Crippen LogP contribution in [0.25, 0.3) is 0 Å². The molecule has 1 aliphatic carbocycles. The molecule has 1 N–H and O–H groups in total. The van der Waals surface area contributed by atoms with Crippen molar-refractivity contribution < 1.29 is 14.3 Å². The van der Waals surface area contributed by atoms with Crippen molar-refractivity contribution in [2.24, 2.45) is 5.92 Å². The maximum absolute atomic E-state index is 13.5. The first-order valence-electron chi connectivity index (χ1n) is 10.8. The number of aliphatic hydroxyl groups excluding tert-OH is 1. The molecule has 2 aromatic rings. The fourth-order valence-electron chi connectivity index (χ4n) is 4.68. The molecule has 31 heavy (non-hydrogen) atoms. The Morgan fingerprint density at radius 2 is 1.87 bits per heavy atom. The van der Waals surface area contributed by atoms with Gasteiger partial charge < -0.3 is 10.0 Å². The summed E-state index contributed by atoms with van der Waals surface area (Å²) in [5.74, 6) is 5.85. The number of amides is 1. The predicted molar refractivity (Wildman–Crippen MR) is 115 cm³/mol. The number of nitrogens with zero attached hydrogens (tertiary/aromatic N) is 2. The number of hydrogen-bond acceptors (Lipinski definition) is 3. The summed E-state index contributed by atoms with van der Waals surface area (Å²) < 4.78 is 13.5. The standard InChI is InChI=1S/C26H25FN2O2/c27-22-8-4-7-21(15-22)26(31)29-23(16-28)25(24(29)17-30)20-13-11-19(12-14-20)10-9-18-5-2-1-3-6-18/h4,7-8,11-15,18,23-25,30H,1-3,5-6,17H2/t23-,24+,25-/m0/s1. The number of rotatable bonds is 3. The molecule has 2 aromatic carbocycles. The Labute approximate surface area is 182 Å². The fourth-order valence-corrected chi connectivity index (χ4v) is 4.68. The molecule has 158 valence electrons. The highest BCUT2D eigenvalue weighted by atomic mass is 19.1. The molecule has 1 heterocycles. The zero-order valence-corrected chi connectivity index (χ0v) is 17.3. The predicted octanol–water partition coefficient (Wildman–Crippen LogP) is 4.25. The number of carbonyl (C=O) groups is 1. The summed E-state index contributed by atoms with van der Waals surface area (Å²) in [5, 5.41) is 19.6. The Bertz CT molecular complexity index is 1040. The summed E-state index contributed by atoms with van der Waals surface area (Å²) in [4.78, 5) is 14.2. The maximum atomic E-state index is 13.5. The summed E-state index contributed by atoms with van der Waals surface area (Å²) in [5.41, 5.74) is 1.98. The van der Waals surface area contributed by atoms with Crippen molar-refractivity contribution in [2.75, 3.05) is 6.61 Å². The van der Waals surface area contributed by atoms with Crippen molar-refractivity contribution in [1.29, 1.82) is 5.26 Å². The van der Waals surface area contributed by atoms with Crippen LogP contribution in [0, 0.1) is 34.9 Å². The van der Waals surface area contributed by atoms with Crippen molar-refractivity contribution in [3.63, 3.8) is 0 Å². The van der Waals surface area contributed by atoms with Crippen LogP contribution in [0.1, 0.15) is 59.5 Å². The summed E-state index contributed by atoms with van der Waals surface area (Å²) in [6.45, 7) is -0.271. The minimum Gasteiger partial charge on any atom is -0.394 e. The third-order valence-electron chi connectivity index (χ3n) is 6.36. The van der Waals surface area contributed by atoms with E-state index < -0.39 is 23.8 Å². The number of hydrogen-bond donors (Lipinski definition) is 1. The number of likely N-dealkylation sites (tertiary alicyclic amines) is 1. The lowest BCUT2D eigenvalue weighted by atomic mass is 9.75. The topological polar surface area (TPSA) is 64.3 Å². The maximum Gasteiger partial charge on any atom is 0.255 e. The number of nitriles is 1. The molecule has 3 atom stereocenters.